The zero-order valence-corrected chi connectivity index (χ0v) is 12.0. The van der Waals surface area contributed by atoms with Crippen LogP contribution in [0.25, 0.3) is 0 Å². The van der Waals surface area contributed by atoms with E-state index in [-0.39, 0.29) is 12.1 Å². The highest BCUT2D eigenvalue weighted by molar-refractivity contribution is 7.10. The molecule has 6 heteroatoms. The molecule has 2 aromatic rings. The van der Waals surface area contributed by atoms with Gasteiger partial charge in [-0.15, -0.1) is 22.7 Å². The number of thiophene rings is 2. The molecule has 0 aliphatic heterocycles. The fourth-order valence-corrected chi connectivity index (χ4v) is 3.26. The first-order valence-corrected chi connectivity index (χ1v) is 7.41. The van der Waals surface area contributed by atoms with Crippen molar-refractivity contribution in [3.63, 3.8) is 0 Å². The molecule has 0 aliphatic rings. The number of nitrogens with zero attached hydrogens (tertiary/aromatic N) is 2. The van der Waals surface area contributed by atoms with Gasteiger partial charge in [-0.1, -0.05) is 0 Å². The number of rotatable bonds is 4. The third kappa shape index (κ3) is 2.70. The zero-order valence-electron chi connectivity index (χ0n) is 10.3. The molecular weight excluding hydrogens is 264 g/mol. The Morgan fingerprint density at radius 2 is 1.28 bits per heavy atom. The Kier molecular flexibility index (Phi) is 3.98. The second-order valence-corrected chi connectivity index (χ2v) is 5.96. The lowest BCUT2D eigenvalue weighted by molar-refractivity contribution is 0.676. The average Bonchev–Trinajstić information content (AvgIpc) is 2.94. The van der Waals surface area contributed by atoms with E-state index in [9.17, 15) is 0 Å². The van der Waals surface area contributed by atoms with Crippen LogP contribution in [0, 0.1) is 0 Å². The van der Waals surface area contributed by atoms with Gasteiger partial charge in [0.1, 0.15) is 12.1 Å². The number of hydrogen-bond donors (Lipinski definition) is 2. The zero-order chi connectivity index (χ0) is 13.1. The first-order valence-electron chi connectivity index (χ1n) is 5.65. The highest BCUT2D eigenvalue weighted by Gasteiger charge is 2.12. The molecule has 0 bridgehead atoms. The summed E-state index contributed by atoms with van der Waals surface area (Å²) in [6, 6.07) is 3.78. The molecule has 0 saturated heterocycles. The lowest BCUT2D eigenvalue weighted by Crippen LogP contribution is -1.94. The summed E-state index contributed by atoms with van der Waals surface area (Å²) in [7, 11) is 0. The highest BCUT2D eigenvalue weighted by atomic mass is 32.1. The van der Waals surface area contributed by atoms with Crippen LogP contribution in [-0.2, 0) is 0 Å². The number of nitrogen functional groups attached to an aromatic ring is 2. The molecular formula is C12H16N4S2. The molecule has 4 nitrogen and oxygen atoms in total. The molecule has 2 heterocycles. The molecule has 0 fully saturated rings. The van der Waals surface area contributed by atoms with Crippen molar-refractivity contribution in [1.82, 2.24) is 0 Å². The second-order valence-electron chi connectivity index (χ2n) is 4.06. The quantitative estimate of drug-likeness (QED) is 0.821. The Morgan fingerprint density at radius 3 is 1.56 bits per heavy atom. The van der Waals surface area contributed by atoms with Crippen LogP contribution < -0.4 is 11.5 Å². The highest BCUT2D eigenvalue weighted by Crippen LogP contribution is 2.32. The summed E-state index contributed by atoms with van der Waals surface area (Å²) in [5.74, 6) is 0. The van der Waals surface area contributed by atoms with Gasteiger partial charge in [-0.3, -0.25) is 0 Å². The van der Waals surface area contributed by atoms with Gasteiger partial charge < -0.3 is 11.5 Å². The summed E-state index contributed by atoms with van der Waals surface area (Å²) in [5, 5.41) is 12.6. The summed E-state index contributed by atoms with van der Waals surface area (Å²) in [4.78, 5) is 2.12. The molecule has 0 aliphatic carbocycles. The monoisotopic (exact) mass is 280 g/mol. The van der Waals surface area contributed by atoms with E-state index >= 15 is 0 Å². The molecule has 4 N–H and O–H groups in total. The van der Waals surface area contributed by atoms with E-state index in [0.717, 1.165) is 21.1 Å². The van der Waals surface area contributed by atoms with Gasteiger partial charge in [-0.25, -0.2) is 0 Å². The number of nitrogens with two attached hydrogens (primary N) is 2. The molecule has 18 heavy (non-hydrogen) atoms. The fourth-order valence-electron chi connectivity index (χ4n) is 1.65. The van der Waals surface area contributed by atoms with Crippen LogP contribution in [0.4, 0.5) is 11.4 Å². The molecule has 2 aromatic heterocycles. The van der Waals surface area contributed by atoms with Crippen molar-refractivity contribution < 1.29 is 0 Å². The van der Waals surface area contributed by atoms with Gasteiger partial charge in [0.15, 0.2) is 0 Å². The van der Waals surface area contributed by atoms with Gasteiger partial charge >= 0.3 is 0 Å². The lowest BCUT2D eigenvalue weighted by atomic mass is 10.2. The van der Waals surface area contributed by atoms with Crippen molar-refractivity contribution in [3.8, 4) is 0 Å². The van der Waals surface area contributed by atoms with Crippen LogP contribution in [0.2, 0.25) is 0 Å². The minimum absolute atomic E-state index is 0.00589. The average molecular weight is 280 g/mol. The Labute approximate surface area is 114 Å². The van der Waals surface area contributed by atoms with E-state index in [2.05, 4.69) is 10.2 Å². The SMILES string of the molecule is CC(N=NC(C)c1sccc1N)c1sccc1N. The van der Waals surface area contributed by atoms with Crippen molar-refractivity contribution in [2.24, 2.45) is 10.2 Å². The molecule has 0 radical (unpaired) electrons. The van der Waals surface area contributed by atoms with Crippen LogP contribution in [0.3, 0.4) is 0 Å². The van der Waals surface area contributed by atoms with Crippen LogP contribution in [0.15, 0.2) is 33.1 Å². The molecule has 2 rings (SSSR count). The fraction of sp³-hybridized carbons (Fsp3) is 0.333. The molecule has 2 unspecified atom stereocenters. The van der Waals surface area contributed by atoms with Crippen molar-refractivity contribution in [2.45, 2.75) is 25.9 Å². The van der Waals surface area contributed by atoms with E-state index in [0.29, 0.717) is 0 Å². The minimum Gasteiger partial charge on any atom is -0.398 e. The number of azo groups is 1. The van der Waals surface area contributed by atoms with E-state index < -0.39 is 0 Å². The summed E-state index contributed by atoms with van der Waals surface area (Å²) < 4.78 is 0. The lowest BCUT2D eigenvalue weighted by Gasteiger charge is -2.07. The van der Waals surface area contributed by atoms with Crippen molar-refractivity contribution >= 4 is 34.0 Å². The van der Waals surface area contributed by atoms with Gasteiger partial charge in [-0.2, -0.15) is 10.2 Å². The maximum atomic E-state index is 5.86. The van der Waals surface area contributed by atoms with E-state index in [1.807, 2.05) is 36.7 Å². The molecule has 2 atom stereocenters. The van der Waals surface area contributed by atoms with Crippen LogP contribution >= 0.6 is 22.7 Å². The maximum absolute atomic E-state index is 5.86. The van der Waals surface area contributed by atoms with Gasteiger partial charge in [0.25, 0.3) is 0 Å². The van der Waals surface area contributed by atoms with Crippen LogP contribution in [-0.4, -0.2) is 0 Å². The molecule has 0 spiro atoms. The Balaban J connectivity index is 2.08. The summed E-state index contributed by atoms with van der Waals surface area (Å²) in [6.07, 6.45) is 0. The smallest absolute Gasteiger partial charge is 0.104 e. The van der Waals surface area contributed by atoms with E-state index in [1.165, 1.54) is 0 Å². The molecule has 0 amide bonds. The van der Waals surface area contributed by atoms with Gasteiger partial charge in [-0.05, 0) is 36.7 Å². The van der Waals surface area contributed by atoms with Gasteiger partial charge in [0.05, 0.1) is 9.75 Å². The Bertz CT molecular complexity index is 496. The standard InChI is InChI=1S/C12H16N4S2/c1-7(11-9(13)3-5-17-11)15-16-8(2)12-10(14)4-6-18-12/h3-8H,13-14H2,1-2H3. The number of hydrogen-bond acceptors (Lipinski definition) is 6. The third-order valence-electron chi connectivity index (χ3n) is 2.63. The Hall–Kier alpha value is -1.40. The summed E-state index contributed by atoms with van der Waals surface area (Å²) in [6.45, 7) is 3.99. The predicted octanol–water partition coefficient (Wildman–Crippen LogP) is 4.25. The maximum Gasteiger partial charge on any atom is 0.104 e. The largest absolute Gasteiger partial charge is 0.398 e. The van der Waals surface area contributed by atoms with Crippen LogP contribution in [0.1, 0.15) is 35.7 Å². The van der Waals surface area contributed by atoms with Gasteiger partial charge in [0.2, 0.25) is 0 Å². The van der Waals surface area contributed by atoms with Crippen molar-refractivity contribution in [3.05, 3.63) is 32.6 Å². The van der Waals surface area contributed by atoms with E-state index in [1.54, 1.807) is 22.7 Å². The second kappa shape index (κ2) is 5.49. The Morgan fingerprint density at radius 1 is 0.889 bits per heavy atom. The van der Waals surface area contributed by atoms with Crippen LogP contribution in [0.5, 0.6) is 0 Å². The number of anilines is 2. The first kappa shape index (κ1) is 13.0. The molecule has 0 aromatic carbocycles. The molecule has 0 saturated carbocycles. The van der Waals surface area contributed by atoms with Gasteiger partial charge in [0, 0.05) is 11.4 Å². The topological polar surface area (TPSA) is 76.8 Å². The molecule has 96 valence electrons. The van der Waals surface area contributed by atoms with E-state index in [4.69, 9.17) is 11.5 Å². The minimum atomic E-state index is -0.00589. The third-order valence-corrected chi connectivity index (χ3v) is 4.83. The summed E-state index contributed by atoms with van der Waals surface area (Å²) >= 11 is 3.22. The predicted molar refractivity (Wildman–Crippen MR) is 79.1 cm³/mol. The normalized spacial score (nSPS) is 15.0. The first-order chi connectivity index (χ1) is 8.59. The van der Waals surface area contributed by atoms with Crippen molar-refractivity contribution in [1.29, 1.82) is 0 Å². The summed E-state index contributed by atoms with van der Waals surface area (Å²) in [5.41, 5.74) is 13.3. The van der Waals surface area contributed by atoms with Crippen molar-refractivity contribution in [2.75, 3.05) is 11.5 Å².